The highest BCUT2D eigenvalue weighted by atomic mass is 16.4. The summed E-state index contributed by atoms with van der Waals surface area (Å²) in [7, 11) is 0. The number of aromatic nitrogens is 4. The molecule has 7 nitrogen and oxygen atoms in total. The van der Waals surface area contributed by atoms with Crippen LogP contribution in [0.1, 0.15) is 40.6 Å². The van der Waals surface area contributed by atoms with Crippen molar-refractivity contribution in [3.63, 3.8) is 0 Å². The van der Waals surface area contributed by atoms with E-state index in [1.54, 1.807) is 12.3 Å². The van der Waals surface area contributed by atoms with Gasteiger partial charge in [-0.3, -0.25) is 4.98 Å². The Balaban J connectivity index is 1.53. The average molecular weight is 363 g/mol. The number of aromatic carboxylic acids is 1. The molecule has 0 bridgehead atoms. The molecule has 4 heterocycles. The third-order valence-corrected chi connectivity index (χ3v) is 4.89. The first kappa shape index (κ1) is 17.2. The molecule has 0 amide bonds. The molecular weight excluding hydrogens is 342 g/mol. The fourth-order valence-electron chi connectivity index (χ4n) is 3.62. The zero-order valence-corrected chi connectivity index (χ0v) is 14.9. The van der Waals surface area contributed by atoms with Gasteiger partial charge in [0, 0.05) is 43.8 Å². The number of imidazole rings is 1. The molecule has 0 aliphatic carbocycles. The molecule has 1 N–H and O–H groups in total. The number of carbonyl (C=O) groups is 1. The first-order valence-corrected chi connectivity index (χ1v) is 9.06. The van der Waals surface area contributed by atoms with Crippen molar-refractivity contribution in [1.29, 1.82) is 0 Å². The van der Waals surface area contributed by atoms with E-state index in [0.29, 0.717) is 5.82 Å². The Labute approximate surface area is 157 Å². The van der Waals surface area contributed by atoms with Gasteiger partial charge < -0.3 is 14.6 Å². The van der Waals surface area contributed by atoms with Crippen LogP contribution in [0, 0.1) is 0 Å². The molecule has 0 spiro atoms. The van der Waals surface area contributed by atoms with Crippen molar-refractivity contribution in [3.05, 3.63) is 72.2 Å². The molecule has 1 unspecified atom stereocenters. The maximum atomic E-state index is 11.2. The van der Waals surface area contributed by atoms with Gasteiger partial charge in [0.25, 0.3) is 0 Å². The van der Waals surface area contributed by atoms with Crippen LogP contribution >= 0.6 is 0 Å². The lowest BCUT2D eigenvalue weighted by molar-refractivity contribution is 0.0690. The van der Waals surface area contributed by atoms with E-state index >= 15 is 0 Å². The maximum absolute atomic E-state index is 11.2. The minimum Gasteiger partial charge on any atom is -0.477 e. The molecule has 1 aliphatic heterocycles. The van der Waals surface area contributed by atoms with Gasteiger partial charge in [-0.15, -0.1) is 0 Å². The van der Waals surface area contributed by atoms with Gasteiger partial charge in [0.05, 0.1) is 6.54 Å². The van der Waals surface area contributed by atoms with Gasteiger partial charge in [-0.05, 0) is 36.6 Å². The second-order valence-corrected chi connectivity index (χ2v) is 6.75. The highest BCUT2D eigenvalue weighted by molar-refractivity contribution is 5.85. The summed E-state index contributed by atoms with van der Waals surface area (Å²) in [6.45, 7) is 2.39. The molecule has 0 saturated carbocycles. The molecule has 1 fully saturated rings. The van der Waals surface area contributed by atoms with E-state index in [9.17, 15) is 9.90 Å². The standard InChI is InChI=1S/C20H21N5O2/c26-20(27)17-6-1-7-18(23-17)24-10-3-5-16(14-24)19-22-9-11-25(19)13-15-4-2-8-21-12-15/h1-2,4,6-9,11-12,16H,3,5,10,13-14H2,(H,26,27). The Hall–Kier alpha value is -3.22. The summed E-state index contributed by atoms with van der Waals surface area (Å²) in [5.41, 5.74) is 1.22. The Kier molecular flexibility index (Phi) is 4.82. The van der Waals surface area contributed by atoms with Gasteiger partial charge in [-0.25, -0.2) is 14.8 Å². The molecule has 3 aromatic heterocycles. The van der Waals surface area contributed by atoms with Gasteiger partial charge >= 0.3 is 5.97 Å². The van der Waals surface area contributed by atoms with Crippen LogP contribution in [0.3, 0.4) is 0 Å². The van der Waals surface area contributed by atoms with E-state index in [1.165, 1.54) is 6.07 Å². The van der Waals surface area contributed by atoms with Crippen molar-refractivity contribution in [3.8, 4) is 0 Å². The maximum Gasteiger partial charge on any atom is 0.354 e. The van der Waals surface area contributed by atoms with Crippen LogP contribution in [0.2, 0.25) is 0 Å². The third kappa shape index (κ3) is 3.81. The highest BCUT2D eigenvalue weighted by Gasteiger charge is 2.26. The fourth-order valence-corrected chi connectivity index (χ4v) is 3.62. The number of rotatable bonds is 5. The predicted octanol–water partition coefficient (Wildman–Crippen LogP) is 2.80. The normalized spacial score (nSPS) is 17.0. The fraction of sp³-hybridized carbons (Fsp3) is 0.300. The Morgan fingerprint density at radius 1 is 1.22 bits per heavy atom. The van der Waals surface area contributed by atoms with Crippen molar-refractivity contribution in [2.75, 3.05) is 18.0 Å². The van der Waals surface area contributed by atoms with Crippen LogP contribution in [0.5, 0.6) is 0 Å². The molecule has 0 aromatic carbocycles. The second-order valence-electron chi connectivity index (χ2n) is 6.75. The molecule has 138 valence electrons. The lowest BCUT2D eigenvalue weighted by Gasteiger charge is -2.33. The van der Waals surface area contributed by atoms with Crippen molar-refractivity contribution in [2.45, 2.75) is 25.3 Å². The van der Waals surface area contributed by atoms with Crippen molar-refractivity contribution >= 4 is 11.8 Å². The van der Waals surface area contributed by atoms with Crippen LogP contribution in [0.25, 0.3) is 0 Å². The predicted molar refractivity (Wildman–Crippen MR) is 101 cm³/mol. The number of nitrogens with zero attached hydrogens (tertiary/aromatic N) is 5. The minimum atomic E-state index is -1.00. The Bertz CT molecular complexity index is 925. The quantitative estimate of drug-likeness (QED) is 0.750. The number of hydrogen-bond acceptors (Lipinski definition) is 5. The molecule has 3 aromatic rings. The van der Waals surface area contributed by atoms with Gasteiger partial charge in [0.15, 0.2) is 5.69 Å². The summed E-state index contributed by atoms with van der Waals surface area (Å²) in [5, 5.41) is 9.19. The van der Waals surface area contributed by atoms with E-state index in [1.807, 2.05) is 30.7 Å². The molecule has 27 heavy (non-hydrogen) atoms. The van der Waals surface area contributed by atoms with Gasteiger partial charge in [0.1, 0.15) is 11.6 Å². The Morgan fingerprint density at radius 2 is 2.15 bits per heavy atom. The molecule has 7 heteroatoms. The lowest BCUT2D eigenvalue weighted by Crippen LogP contribution is -2.36. The molecule has 0 radical (unpaired) electrons. The van der Waals surface area contributed by atoms with Crippen molar-refractivity contribution < 1.29 is 9.90 Å². The summed E-state index contributed by atoms with van der Waals surface area (Å²) in [6.07, 6.45) is 9.56. The summed E-state index contributed by atoms with van der Waals surface area (Å²) < 4.78 is 2.17. The summed E-state index contributed by atoms with van der Waals surface area (Å²) in [4.78, 5) is 26.4. The van der Waals surface area contributed by atoms with E-state index < -0.39 is 5.97 Å². The van der Waals surface area contributed by atoms with E-state index in [2.05, 4.69) is 30.5 Å². The SMILES string of the molecule is O=C(O)c1cccc(N2CCCC(c3nccn3Cc3cccnc3)C2)n1. The zero-order valence-electron chi connectivity index (χ0n) is 14.9. The average Bonchev–Trinajstić information content (AvgIpc) is 3.17. The van der Waals surface area contributed by atoms with Crippen molar-refractivity contribution in [1.82, 2.24) is 19.5 Å². The Morgan fingerprint density at radius 3 is 2.96 bits per heavy atom. The van der Waals surface area contributed by atoms with Crippen molar-refractivity contribution in [2.24, 2.45) is 0 Å². The van der Waals surface area contributed by atoms with Crippen LogP contribution < -0.4 is 4.90 Å². The van der Waals surface area contributed by atoms with Gasteiger partial charge in [0.2, 0.25) is 0 Å². The first-order chi connectivity index (χ1) is 13.2. The van der Waals surface area contributed by atoms with Crippen LogP contribution in [0.15, 0.2) is 55.1 Å². The molecule has 1 atom stereocenters. The minimum absolute atomic E-state index is 0.0766. The number of hydrogen-bond donors (Lipinski definition) is 1. The third-order valence-electron chi connectivity index (χ3n) is 4.89. The van der Waals surface area contributed by atoms with E-state index in [4.69, 9.17) is 0 Å². The summed E-state index contributed by atoms with van der Waals surface area (Å²) in [6, 6.07) is 9.14. The summed E-state index contributed by atoms with van der Waals surface area (Å²) >= 11 is 0. The largest absolute Gasteiger partial charge is 0.477 e. The molecular formula is C20H21N5O2. The van der Waals surface area contributed by atoms with Crippen LogP contribution in [0.4, 0.5) is 5.82 Å². The lowest BCUT2D eigenvalue weighted by atomic mass is 9.97. The monoisotopic (exact) mass is 363 g/mol. The molecule has 1 saturated heterocycles. The number of pyridine rings is 2. The highest BCUT2D eigenvalue weighted by Crippen LogP contribution is 2.28. The first-order valence-electron chi connectivity index (χ1n) is 9.06. The number of carboxylic acids is 1. The zero-order chi connectivity index (χ0) is 18.6. The summed E-state index contributed by atoms with van der Waals surface area (Å²) in [5.74, 6) is 1.04. The van der Waals surface area contributed by atoms with Gasteiger partial charge in [-0.2, -0.15) is 0 Å². The molecule has 1 aliphatic rings. The second kappa shape index (κ2) is 7.57. The number of carboxylic acid groups (broad SMARTS) is 1. The number of piperidine rings is 1. The van der Waals surface area contributed by atoms with Gasteiger partial charge in [-0.1, -0.05) is 12.1 Å². The van der Waals surface area contributed by atoms with E-state index in [0.717, 1.165) is 43.9 Å². The van der Waals surface area contributed by atoms with Crippen LogP contribution in [-0.4, -0.2) is 43.7 Å². The van der Waals surface area contributed by atoms with E-state index in [-0.39, 0.29) is 11.6 Å². The molecule has 4 rings (SSSR count). The smallest absolute Gasteiger partial charge is 0.354 e. The van der Waals surface area contributed by atoms with Crippen LogP contribution in [-0.2, 0) is 6.54 Å². The number of anilines is 1. The topological polar surface area (TPSA) is 84.1 Å².